The second-order valence-electron chi connectivity index (χ2n) is 3.80. The Labute approximate surface area is 98.5 Å². The van der Waals surface area contributed by atoms with Crippen molar-refractivity contribution in [2.75, 3.05) is 13.2 Å². The van der Waals surface area contributed by atoms with Crippen LogP contribution >= 0.6 is 0 Å². The van der Waals surface area contributed by atoms with Crippen LogP contribution < -0.4 is 0 Å². The molecule has 17 heavy (non-hydrogen) atoms. The fourth-order valence-electron chi connectivity index (χ4n) is 1.34. The molecule has 1 aliphatic carbocycles. The summed E-state index contributed by atoms with van der Waals surface area (Å²) in [4.78, 5) is 11.5. The molecular formula is C11H16O6. The standard InChI is InChI=1S/C11H16O6/c12-5-1-2-6-17-10(14)8-3-4-9(13)11(15,16)7-8/h3-4,12-13,15-16H,1-2,5-7H2. The van der Waals surface area contributed by atoms with Gasteiger partial charge in [-0.25, -0.2) is 4.79 Å². The molecule has 4 N–H and O–H groups in total. The van der Waals surface area contributed by atoms with Crippen LogP contribution in [0.2, 0.25) is 0 Å². The van der Waals surface area contributed by atoms with Crippen LogP contribution in [-0.4, -0.2) is 45.4 Å². The molecule has 0 saturated carbocycles. The monoisotopic (exact) mass is 244 g/mol. The van der Waals surface area contributed by atoms with Crippen molar-refractivity contribution in [3.8, 4) is 0 Å². The summed E-state index contributed by atoms with van der Waals surface area (Å²) in [5.74, 6) is -3.66. The van der Waals surface area contributed by atoms with Crippen LogP contribution in [0.3, 0.4) is 0 Å². The van der Waals surface area contributed by atoms with Gasteiger partial charge in [0.15, 0.2) is 5.76 Å². The van der Waals surface area contributed by atoms with Crippen molar-refractivity contribution in [2.24, 2.45) is 0 Å². The molecule has 0 saturated heterocycles. The van der Waals surface area contributed by atoms with Crippen LogP contribution in [-0.2, 0) is 9.53 Å². The van der Waals surface area contributed by atoms with Crippen LogP contribution in [0.5, 0.6) is 0 Å². The van der Waals surface area contributed by atoms with Crippen molar-refractivity contribution >= 4 is 5.97 Å². The number of esters is 1. The van der Waals surface area contributed by atoms with E-state index in [9.17, 15) is 15.0 Å². The minimum atomic E-state index is -2.41. The van der Waals surface area contributed by atoms with E-state index in [1.54, 1.807) is 0 Å². The van der Waals surface area contributed by atoms with Crippen LogP contribution in [0, 0.1) is 0 Å². The maximum atomic E-state index is 11.5. The van der Waals surface area contributed by atoms with E-state index >= 15 is 0 Å². The zero-order valence-corrected chi connectivity index (χ0v) is 9.30. The van der Waals surface area contributed by atoms with Gasteiger partial charge in [0, 0.05) is 18.6 Å². The van der Waals surface area contributed by atoms with Gasteiger partial charge >= 0.3 is 5.97 Å². The molecular weight excluding hydrogens is 228 g/mol. The normalized spacial score (nSPS) is 18.3. The fourth-order valence-corrected chi connectivity index (χ4v) is 1.34. The average molecular weight is 244 g/mol. The predicted octanol–water partition coefficient (Wildman–Crippen LogP) is -0.245. The highest BCUT2D eigenvalue weighted by Gasteiger charge is 2.34. The largest absolute Gasteiger partial charge is 0.507 e. The number of aliphatic hydroxyl groups is 4. The Kier molecular flexibility index (Phi) is 4.68. The molecule has 1 aliphatic rings. The van der Waals surface area contributed by atoms with Gasteiger partial charge in [0.05, 0.1) is 6.61 Å². The van der Waals surface area contributed by atoms with Gasteiger partial charge in [0.1, 0.15) is 0 Å². The van der Waals surface area contributed by atoms with E-state index in [0.717, 1.165) is 6.08 Å². The number of allylic oxidation sites excluding steroid dienone is 2. The van der Waals surface area contributed by atoms with E-state index in [1.807, 2.05) is 0 Å². The first-order valence-corrected chi connectivity index (χ1v) is 5.30. The summed E-state index contributed by atoms with van der Waals surface area (Å²) in [7, 11) is 0. The van der Waals surface area contributed by atoms with Gasteiger partial charge in [-0.05, 0) is 25.0 Å². The van der Waals surface area contributed by atoms with Gasteiger partial charge in [0.25, 0.3) is 0 Å². The molecule has 0 spiro atoms. The quantitative estimate of drug-likeness (QED) is 0.302. The summed E-state index contributed by atoms with van der Waals surface area (Å²) < 4.78 is 4.86. The van der Waals surface area contributed by atoms with Gasteiger partial charge in [0.2, 0.25) is 5.79 Å². The van der Waals surface area contributed by atoms with Gasteiger partial charge < -0.3 is 25.2 Å². The Morgan fingerprint density at radius 3 is 2.65 bits per heavy atom. The molecule has 6 nitrogen and oxygen atoms in total. The van der Waals surface area contributed by atoms with Crippen LogP contribution in [0.25, 0.3) is 0 Å². The smallest absolute Gasteiger partial charge is 0.334 e. The summed E-state index contributed by atoms with van der Waals surface area (Å²) in [6.07, 6.45) is 3.01. The highest BCUT2D eigenvalue weighted by atomic mass is 16.5. The number of carbonyl (C=O) groups excluding carboxylic acids is 1. The lowest BCUT2D eigenvalue weighted by molar-refractivity contribution is -0.158. The third kappa shape index (κ3) is 3.85. The van der Waals surface area contributed by atoms with Gasteiger partial charge in [-0.1, -0.05) is 0 Å². The summed E-state index contributed by atoms with van der Waals surface area (Å²) >= 11 is 0. The second kappa shape index (κ2) is 5.81. The fraction of sp³-hybridized carbons (Fsp3) is 0.545. The summed E-state index contributed by atoms with van der Waals surface area (Å²) in [5.41, 5.74) is 0.0804. The number of ether oxygens (including phenoxy) is 1. The Bertz CT molecular complexity index is 342. The SMILES string of the molecule is O=C(OCCCCO)C1=CC=C(O)C(O)(O)C1. The Morgan fingerprint density at radius 2 is 2.06 bits per heavy atom. The van der Waals surface area contributed by atoms with E-state index < -0.39 is 23.9 Å². The van der Waals surface area contributed by atoms with Crippen molar-refractivity contribution in [1.29, 1.82) is 0 Å². The van der Waals surface area contributed by atoms with E-state index in [-0.39, 0.29) is 18.8 Å². The molecule has 6 heteroatoms. The lowest BCUT2D eigenvalue weighted by Gasteiger charge is -2.24. The summed E-state index contributed by atoms with van der Waals surface area (Å²) in [5, 5.41) is 36.3. The van der Waals surface area contributed by atoms with Gasteiger partial charge in [-0.2, -0.15) is 0 Å². The minimum Gasteiger partial charge on any atom is -0.507 e. The topological polar surface area (TPSA) is 107 Å². The van der Waals surface area contributed by atoms with E-state index in [2.05, 4.69) is 0 Å². The summed E-state index contributed by atoms with van der Waals surface area (Å²) in [6, 6.07) is 0. The lowest BCUT2D eigenvalue weighted by atomic mass is 9.98. The molecule has 0 bridgehead atoms. The maximum absolute atomic E-state index is 11.5. The summed E-state index contributed by atoms with van der Waals surface area (Å²) in [6.45, 7) is 0.198. The molecule has 0 amide bonds. The van der Waals surface area contributed by atoms with Crippen LogP contribution in [0.15, 0.2) is 23.5 Å². The number of hydrogen-bond acceptors (Lipinski definition) is 6. The molecule has 0 aromatic heterocycles. The molecule has 0 radical (unpaired) electrons. The van der Waals surface area contributed by atoms with Crippen LogP contribution in [0.4, 0.5) is 0 Å². The Hall–Kier alpha value is -1.37. The minimum absolute atomic E-state index is 0.0350. The van der Waals surface area contributed by atoms with E-state index in [1.165, 1.54) is 6.08 Å². The van der Waals surface area contributed by atoms with Crippen molar-refractivity contribution in [1.82, 2.24) is 0 Å². The van der Waals surface area contributed by atoms with Gasteiger partial charge in [-0.3, -0.25) is 0 Å². The average Bonchev–Trinajstić information content (AvgIpc) is 2.28. The molecule has 96 valence electrons. The lowest BCUT2D eigenvalue weighted by Crippen LogP contribution is -2.34. The van der Waals surface area contributed by atoms with Gasteiger partial charge in [-0.15, -0.1) is 0 Å². The molecule has 1 rings (SSSR count). The van der Waals surface area contributed by atoms with Crippen LogP contribution in [0.1, 0.15) is 19.3 Å². The highest BCUT2D eigenvalue weighted by molar-refractivity contribution is 5.89. The second-order valence-corrected chi connectivity index (χ2v) is 3.80. The number of unbranched alkanes of at least 4 members (excludes halogenated alkanes) is 1. The molecule has 0 unspecified atom stereocenters. The molecule has 0 aliphatic heterocycles. The molecule has 0 heterocycles. The third-order valence-electron chi connectivity index (χ3n) is 2.34. The van der Waals surface area contributed by atoms with E-state index in [4.69, 9.17) is 14.9 Å². The number of hydrogen-bond donors (Lipinski definition) is 4. The highest BCUT2D eigenvalue weighted by Crippen LogP contribution is 2.26. The zero-order chi connectivity index (χ0) is 12.9. The molecule has 0 fully saturated rings. The number of aliphatic hydroxyl groups excluding tert-OH is 2. The first-order chi connectivity index (χ1) is 7.97. The number of carbonyl (C=O) groups is 1. The van der Waals surface area contributed by atoms with Crippen molar-refractivity contribution in [2.45, 2.75) is 25.0 Å². The third-order valence-corrected chi connectivity index (χ3v) is 2.34. The first-order valence-electron chi connectivity index (χ1n) is 5.30. The molecule has 0 aromatic rings. The Balaban J connectivity index is 2.48. The van der Waals surface area contributed by atoms with Crippen molar-refractivity contribution < 1.29 is 30.0 Å². The van der Waals surface area contributed by atoms with Crippen molar-refractivity contribution in [3.05, 3.63) is 23.5 Å². The molecule has 0 atom stereocenters. The zero-order valence-electron chi connectivity index (χ0n) is 9.30. The maximum Gasteiger partial charge on any atom is 0.334 e. The van der Waals surface area contributed by atoms with Crippen molar-refractivity contribution in [3.63, 3.8) is 0 Å². The van der Waals surface area contributed by atoms with E-state index in [0.29, 0.717) is 12.8 Å². The first kappa shape index (κ1) is 13.7. The number of rotatable bonds is 5. The molecule has 0 aromatic carbocycles. The Morgan fingerprint density at radius 1 is 1.35 bits per heavy atom. The predicted molar refractivity (Wildman–Crippen MR) is 57.9 cm³/mol.